The molecule has 0 fully saturated rings. The number of nitrogens with one attached hydrogen (secondary N) is 2. The third-order valence-electron chi connectivity index (χ3n) is 4.70. The number of anilines is 1. The molecule has 0 saturated heterocycles. The second-order valence-corrected chi connectivity index (χ2v) is 7.07. The maximum absolute atomic E-state index is 12.4. The molecule has 1 aromatic heterocycles. The molecule has 7 heteroatoms. The van der Waals surface area contributed by atoms with Crippen molar-refractivity contribution in [1.29, 1.82) is 0 Å². The van der Waals surface area contributed by atoms with Crippen LogP contribution in [0, 0.1) is 6.92 Å². The van der Waals surface area contributed by atoms with Crippen molar-refractivity contribution in [1.82, 2.24) is 9.97 Å². The van der Waals surface area contributed by atoms with Gasteiger partial charge in [-0.05, 0) is 30.7 Å². The highest BCUT2D eigenvalue weighted by atomic mass is 35.5. The molecule has 0 unspecified atom stereocenters. The van der Waals surface area contributed by atoms with Crippen LogP contribution in [0.3, 0.4) is 0 Å². The summed E-state index contributed by atoms with van der Waals surface area (Å²) in [7, 11) is 0. The van der Waals surface area contributed by atoms with E-state index in [0.717, 1.165) is 11.1 Å². The summed E-state index contributed by atoms with van der Waals surface area (Å²) in [4.78, 5) is 31.5. The number of nitrogens with zero attached hydrogens (tertiary/aromatic N) is 1. The van der Waals surface area contributed by atoms with Crippen LogP contribution in [0.5, 0.6) is 5.75 Å². The second-order valence-electron chi connectivity index (χ2n) is 6.67. The van der Waals surface area contributed by atoms with Crippen molar-refractivity contribution in [3.63, 3.8) is 0 Å². The van der Waals surface area contributed by atoms with E-state index in [2.05, 4.69) is 15.3 Å². The summed E-state index contributed by atoms with van der Waals surface area (Å²) in [5.74, 6) is 0.974. The van der Waals surface area contributed by atoms with Crippen LogP contribution in [0.1, 0.15) is 34.9 Å². The SMILES string of the molecule is Cc1nc2c(c(=O)[nH]1)[C@@H](c1ccc(OCc3ccccc3Cl)cc1)CC(=O)N2. The van der Waals surface area contributed by atoms with Crippen molar-refractivity contribution < 1.29 is 9.53 Å². The minimum atomic E-state index is -0.349. The Bertz CT molecular complexity index is 1090. The number of rotatable bonds is 4. The minimum Gasteiger partial charge on any atom is -0.489 e. The lowest BCUT2D eigenvalue weighted by molar-refractivity contribution is -0.116. The van der Waals surface area contributed by atoms with E-state index in [1.54, 1.807) is 6.92 Å². The number of carbonyl (C=O) groups excluding carboxylic acids is 1. The van der Waals surface area contributed by atoms with Crippen molar-refractivity contribution in [2.75, 3.05) is 5.32 Å². The summed E-state index contributed by atoms with van der Waals surface area (Å²) >= 11 is 6.15. The highest BCUT2D eigenvalue weighted by Gasteiger charge is 2.30. The molecule has 2 heterocycles. The molecule has 1 atom stereocenters. The van der Waals surface area contributed by atoms with E-state index in [4.69, 9.17) is 16.3 Å². The van der Waals surface area contributed by atoms with Gasteiger partial charge in [-0.3, -0.25) is 9.59 Å². The Kier molecular flexibility index (Phi) is 4.88. The maximum atomic E-state index is 12.4. The van der Waals surface area contributed by atoms with E-state index in [0.29, 0.717) is 34.6 Å². The number of fused-ring (bicyclic) bond motifs is 1. The lowest BCUT2D eigenvalue weighted by atomic mass is 9.87. The largest absolute Gasteiger partial charge is 0.489 e. The number of aryl methyl sites for hydroxylation is 1. The van der Waals surface area contributed by atoms with Crippen molar-refractivity contribution >= 4 is 23.3 Å². The van der Waals surface area contributed by atoms with Gasteiger partial charge < -0.3 is 15.0 Å². The molecule has 2 N–H and O–H groups in total. The topological polar surface area (TPSA) is 84.1 Å². The first-order chi connectivity index (χ1) is 13.5. The normalized spacial score (nSPS) is 15.6. The van der Waals surface area contributed by atoms with Crippen LogP contribution in [-0.2, 0) is 11.4 Å². The lowest BCUT2D eigenvalue weighted by Crippen LogP contribution is -2.31. The van der Waals surface area contributed by atoms with Crippen LogP contribution in [-0.4, -0.2) is 15.9 Å². The Morgan fingerprint density at radius 1 is 1.14 bits per heavy atom. The molecule has 1 aliphatic rings. The van der Waals surface area contributed by atoms with Gasteiger partial charge in [0.15, 0.2) is 0 Å². The highest BCUT2D eigenvalue weighted by Crippen LogP contribution is 2.34. The van der Waals surface area contributed by atoms with E-state index in [9.17, 15) is 9.59 Å². The molecule has 0 saturated carbocycles. The number of aromatic nitrogens is 2. The average molecular weight is 396 g/mol. The van der Waals surface area contributed by atoms with Crippen molar-refractivity contribution in [3.8, 4) is 5.75 Å². The molecule has 4 rings (SSSR count). The zero-order valence-electron chi connectivity index (χ0n) is 15.2. The fraction of sp³-hybridized carbons (Fsp3) is 0.190. The van der Waals surface area contributed by atoms with Crippen LogP contribution in [0.2, 0.25) is 5.02 Å². The van der Waals surface area contributed by atoms with Crippen molar-refractivity contribution in [2.24, 2.45) is 0 Å². The smallest absolute Gasteiger partial charge is 0.256 e. The van der Waals surface area contributed by atoms with Crippen LogP contribution < -0.4 is 15.6 Å². The molecule has 1 amide bonds. The van der Waals surface area contributed by atoms with E-state index in [1.165, 1.54) is 0 Å². The standard InChI is InChI=1S/C21H18ClN3O3/c1-12-23-20-19(21(27)24-12)16(10-18(26)25-20)13-6-8-15(9-7-13)28-11-14-4-2-3-5-17(14)22/h2-9,16H,10-11H2,1H3,(H2,23,24,25,26,27)/t16-/m1/s1. The summed E-state index contributed by atoms with van der Waals surface area (Å²) in [5.41, 5.74) is 2.01. The number of carbonyl (C=O) groups is 1. The van der Waals surface area contributed by atoms with E-state index >= 15 is 0 Å². The molecule has 2 aromatic carbocycles. The van der Waals surface area contributed by atoms with Gasteiger partial charge in [-0.2, -0.15) is 0 Å². The van der Waals surface area contributed by atoms with Crippen LogP contribution in [0.4, 0.5) is 5.82 Å². The first-order valence-corrected chi connectivity index (χ1v) is 9.26. The van der Waals surface area contributed by atoms with Crippen molar-refractivity contribution in [2.45, 2.75) is 25.9 Å². The summed E-state index contributed by atoms with van der Waals surface area (Å²) < 4.78 is 5.80. The first-order valence-electron chi connectivity index (χ1n) is 8.88. The third kappa shape index (κ3) is 3.64. The van der Waals surface area contributed by atoms with Gasteiger partial charge in [0.25, 0.3) is 5.56 Å². The van der Waals surface area contributed by atoms with Gasteiger partial charge in [-0.15, -0.1) is 0 Å². The molecule has 0 aliphatic carbocycles. The van der Waals surface area contributed by atoms with Gasteiger partial charge in [-0.1, -0.05) is 41.9 Å². The molecule has 0 bridgehead atoms. The predicted molar refractivity (Wildman–Crippen MR) is 107 cm³/mol. The number of amides is 1. The molecule has 3 aromatic rings. The molecule has 142 valence electrons. The molecule has 28 heavy (non-hydrogen) atoms. The number of halogens is 1. The number of hydrogen-bond donors (Lipinski definition) is 2. The van der Waals surface area contributed by atoms with Crippen molar-refractivity contribution in [3.05, 3.63) is 86.4 Å². The van der Waals surface area contributed by atoms with Gasteiger partial charge in [0.2, 0.25) is 5.91 Å². The Morgan fingerprint density at radius 3 is 2.64 bits per heavy atom. The molecule has 0 spiro atoms. The number of benzene rings is 2. The lowest BCUT2D eigenvalue weighted by Gasteiger charge is -2.24. The summed E-state index contributed by atoms with van der Waals surface area (Å²) in [6, 6.07) is 14.9. The summed E-state index contributed by atoms with van der Waals surface area (Å²) in [6.45, 7) is 2.04. The second kappa shape index (κ2) is 7.48. The Labute approximate surface area is 166 Å². The zero-order valence-corrected chi connectivity index (χ0v) is 15.9. The monoisotopic (exact) mass is 395 g/mol. The number of aromatic amines is 1. The van der Waals surface area contributed by atoms with Gasteiger partial charge >= 0.3 is 0 Å². The zero-order chi connectivity index (χ0) is 19.7. The Balaban J connectivity index is 1.57. The summed E-state index contributed by atoms with van der Waals surface area (Å²) in [6.07, 6.45) is 0.195. The van der Waals surface area contributed by atoms with E-state index in [-0.39, 0.29) is 23.8 Å². The van der Waals surface area contributed by atoms with Gasteiger partial charge in [0.1, 0.15) is 24.0 Å². The van der Waals surface area contributed by atoms with Gasteiger partial charge in [-0.25, -0.2) is 4.98 Å². The van der Waals surface area contributed by atoms with Gasteiger partial charge in [0, 0.05) is 22.9 Å². The maximum Gasteiger partial charge on any atom is 0.256 e. The van der Waals surface area contributed by atoms with E-state index in [1.807, 2.05) is 48.5 Å². The molecular weight excluding hydrogens is 378 g/mol. The predicted octanol–water partition coefficient (Wildman–Crippen LogP) is 3.78. The van der Waals surface area contributed by atoms with E-state index < -0.39 is 0 Å². The van der Waals surface area contributed by atoms with Crippen LogP contribution in [0.25, 0.3) is 0 Å². The number of hydrogen-bond acceptors (Lipinski definition) is 4. The highest BCUT2D eigenvalue weighted by molar-refractivity contribution is 6.31. The quantitative estimate of drug-likeness (QED) is 0.704. The van der Waals surface area contributed by atoms with Crippen LogP contribution >= 0.6 is 11.6 Å². The molecule has 0 radical (unpaired) electrons. The average Bonchev–Trinajstić information content (AvgIpc) is 2.66. The number of H-pyrrole nitrogens is 1. The Hall–Kier alpha value is -3.12. The number of ether oxygens (including phenoxy) is 1. The molecule has 6 nitrogen and oxygen atoms in total. The van der Waals surface area contributed by atoms with Gasteiger partial charge in [0.05, 0.1) is 5.56 Å². The third-order valence-corrected chi connectivity index (χ3v) is 5.07. The fourth-order valence-electron chi connectivity index (χ4n) is 3.34. The fourth-order valence-corrected chi connectivity index (χ4v) is 3.53. The first kappa shape index (κ1) is 18.3. The molecular formula is C21H18ClN3O3. The van der Waals surface area contributed by atoms with Crippen LogP contribution in [0.15, 0.2) is 53.3 Å². The molecule has 1 aliphatic heterocycles. The Morgan fingerprint density at radius 2 is 1.89 bits per heavy atom. The minimum absolute atomic E-state index is 0.158. The summed E-state index contributed by atoms with van der Waals surface area (Å²) in [5, 5.41) is 3.35.